The van der Waals surface area contributed by atoms with Gasteiger partial charge in [-0.3, -0.25) is 0 Å². The molecule has 3 aromatic rings. The highest BCUT2D eigenvalue weighted by atomic mass is 35.7. The zero-order valence-electron chi connectivity index (χ0n) is 28.6. The first kappa shape index (κ1) is 35.8. The molecule has 0 unspecified atom stereocenters. The summed E-state index contributed by atoms with van der Waals surface area (Å²) in [6.07, 6.45) is 4.52. The SMILES string of the molecule is CCN1c2cc3c(cc2C(C)=CC1(C)C)C(c1ccc(C(=O)O)cc1C(=O)O)=c1cc2c(cc1O3)=[N+](CC)C(C)(C)C=C2C.[O-][Cl+3]([O-])([O-])[O-]. The second-order valence-electron chi connectivity index (χ2n) is 13.4. The van der Waals surface area contributed by atoms with E-state index < -0.39 is 22.2 Å². The number of hydrogen-bond donors (Lipinski definition) is 2. The van der Waals surface area contributed by atoms with Crippen molar-refractivity contribution in [3.05, 3.63) is 98.6 Å². The second-order valence-corrected chi connectivity index (χ2v) is 14.2. The third-order valence-electron chi connectivity index (χ3n) is 9.32. The molecule has 3 heterocycles. The Balaban J connectivity index is 0.000000874. The topological polar surface area (TPSA) is 182 Å². The van der Waals surface area contributed by atoms with E-state index in [1.165, 1.54) is 12.1 Å². The normalized spacial score (nSPS) is 16.9. The van der Waals surface area contributed by atoms with Gasteiger partial charge < -0.3 is 19.8 Å². The number of fused-ring (bicyclic) bond motifs is 4. The van der Waals surface area contributed by atoms with Crippen molar-refractivity contribution in [1.82, 2.24) is 4.58 Å². The van der Waals surface area contributed by atoms with Gasteiger partial charge in [0.25, 0.3) is 0 Å². The van der Waals surface area contributed by atoms with Crippen LogP contribution in [-0.2, 0) is 0 Å². The molecule has 0 radical (unpaired) electrons. The molecule has 0 fully saturated rings. The molecule has 49 heavy (non-hydrogen) atoms. The molecule has 11 nitrogen and oxygen atoms in total. The van der Waals surface area contributed by atoms with E-state index in [4.69, 9.17) is 23.4 Å². The number of ether oxygens (including phenoxy) is 1. The first-order valence-electron chi connectivity index (χ1n) is 15.8. The van der Waals surface area contributed by atoms with Crippen molar-refractivity contribution in [3.63, 3.8) is 0 Å². The summed E-state index contributed by atoms with van der Waals surface area (Å²) < 4.78 is 43.1. The molecule has 12 heteroatoms. The number of rotatable bonds is 5. The highest BCUT2D eigenvalue weighted by molar-refractivity contribution is 6.02. The van der Waals surface area contributed by atoms with Crippen molar-refractivity contribution >= 4 is 34.3 Å². The first-order valence-corrected chi connectivity index (χ1v) is 17.0. The van der Waals surface area contributed by atoms with Gasteiger partial charge in [0.05, 0.1) is 22.7 Å². The largest absolute Gasteiger partial charge is 0.478 e. The Morgan fingerprint density at radius 3 is 2.02 bits per heavy atom. The Bertz CT molecular complexity index is 2100. The van der Waals surface area contributed by atoms with E-state index in [9.17, 15) is 19.8 Å². The second kappa shape index (κ2) is 12.4. The number of anilines is 1. The molecule has 0 spiro atoms. The summed E-state index contributed by atoms with van der Waals surface area (Å²) in [5.74, 6) is -1.09. The summed E-state index contributed by atoms with van der Waals surface area (Å²) in [6.45, 7) is 18.9. The van der Waals surface area contributed by atoms with Crippen molar-refractivity contribution in [2.45, 2.75) is 66.5 Å². The van der Waals surface area contributed by atoms with Crippen LogP contribution < -0.4 is 43.4 Å². The van der Waals surface area contributed by atoms with Gasteiger partial charge in [0.1, 0.15) is 18.0 Å². The molecular weight excluding hydrogens is 652 g/mol. The van der Waals surface area contributed by atoms with Crippen LogP contribution >= 0.6 is 0 Å². The third-order valence-corrected chi connectivity index (χ3v) is 9.32. The highest BCUT2D eigenvalue weighted by Crippen LogP contribution is 2.46. The Kier molecular flexibility index (Phi) is 9.07. The van der Waals surface area contributed by atoms with Gasteiger partial charge in [0, 0.05) is 59.6 Å². The number of likely N-dealkylation sites (N-methyl/N-ethyl adjacent to an activating group) is 2. The molecule has 0 saturated carbocycles. The van der Waals surface area contributed by atoms with E-state index in [-0.39, 0.29) is 22.2 Å². The minimum absolute atomic E-state index is 0.0682. The molecule has 258 valence electrons. The van der Waals surface area contributed by atoms with E-state index in [0.29, 0.717) is 22.6 Å². The van der Waals surface area contributed by atoms with Crippen LogP contribution in [0.1, 0.15) is 98.4 Å². The molecular formula is C37H39ClN2O9. The van der Waals surface area contributed by atoms with E-state index in [1.807, 2.05) is 0 Å². The lowest BCUT2D eigenvalue weighted by molar-refractivity contribution is -2.00. The van der Waals surface area contributed by atoms with Crippen molar-refractivity contribution in [1.29, 1.82) is 0 Å². The van der Waals surface area contributed by atoms with E-state index >= 15 is 0 Å². The van der Waals surface area contributed by atoms with Crippen LogP contribution in [0.5, 0.6) is 11.5 Å². The van der Waals surface area contributed by atoms with Crippen molar-refractivity contribution in [3.8, 4) is 11.5 Å². The van der Waals surface area contributed by atoms with Crippen molar-refractivity contribution in [2.24, 2.45) is 0 Å². The number of carboxylic acids is 2. The van der Waals surface area contributed by atoms with E-state index in [2.05, 4.69) is 101 Å². The maximum Gasteiger partial charge on any atom is 0.336 e. The summed E-state index contributed by atoms with van der Waals surface area (Å²) in [7, 11) is -4.94. The average molecular weight is 691 g/mol. The molecule has 0 bridgehead atoms. The lowest BCUT2D eigenvalue weighted by atomic mass is 9.83. The van der Waals surface area contributed by atoms with Gasteiger partial charge in [-0.15, -0.1) is 10.2 Å². The number of allylic oxidation sites excluding steroid dienone is 2. The smallest absolute Gasteiger partial charge is 0.336 e. The highest BCUT2D eigenvalue weighted by Gasteiger charge is 2.36. The Hall–Kier alpha value is -4.52. The lowest BCUT2D eigenvalue weighted by Gasteiger charge is -2.43. The molecule has 0 atom stereocenters. The third kappa shape index (κ3) is 6.60. The zero-order chi connectivity index (χ0) is 36.4. The minimum atomic E-state index is -4.94. The number of carboxylic acid groups (broad SMARTS) is 2. The van der Waals surface area contributed by atoms with Crippen LogP contribution in [0.25, 0.3) is 16.7 Å². The molecule has 2 N–H and O–H groups in total. The Morgan fingerprint density at radius 1 is 0.816 bits per heavy atom. The van der Waals surface area contributed by atoms with Crippen LogP contribution in [0, 0.1) is 10.2 Å². The number of benzene rings is 3. The summed E-state index contributed by atoms with van der Waals surface area (Å²) in [4.78, 5) is 26.9. The minimum Gasteiger partial charge on any atom is -0.478 e. The van der Waals surface area contributed by atoms with Gasteiger partial charge in [0.2, 0.25) is 5.36 Å². The average Bonchev–Trinajstić information content (AvgIpc) is 2.97. The van der Waals surface area contributed by atoms with Crippen LogP contribution in [0.15, 0.2) is 54.6 Å². The molecule has 6 rings (SSSR count). The van der Waals surface area contributed by atoms with Crippen molar-refractivity contribution < 1.29 is 53.4 Å². The molecule has 3 aliphatic heterocycles. The van der Waals surface area contributed by atoms with E-state index in [1.54, 1.807) is 6.07 Å². The maximum atomic E-state index is 12.7. The molecule has 0 aliphatic carbocycles. The van der Waals surface area contributed by atoms with Gasteiger partial charge in [-0.2, -0.15) is 0 Å². The van der Waals surface area contributed by atoms with Crippen LogP contribution in [0.3, 0.4) is 0 Å². The van der Waals surface area contributed by atoms with Crippen LogP contribution in [0.2, 0.25) is 0 Å². The van der Waals surface area contributed by atoms with Crippen LogP contribution in [-0.4, -0.2) is 46.3 Å². The van der Waals surface area contributed by atoms with Gasteiger partial charge in [-0.25, -0.2) is 32.8 Å². The number of aromatic carboxylic acids is 2. The Labute approximate surface area is 286 Å². The molecule has 3 aliphatic rings. The molecule has 0 amide bonds. The first-order chi connectivity index (χ1) is 22.7. The fourth-order valence-electron chi connectivity index (χ4n) is 7.55. The van der Waals surface area contributed by atoms with Gasteiger partial charge in [-0.1, -0.05) is 12.1 Å². The summed E-state index contributed by atoms with van der Waals surface area (Å²) in [5.41, 5.74) is 6.84. The maximum absolute atomic E-state index is 12.7. The summed E-state index contributed by atoms with van der Waals surface area (Å²) in [6, 6.07) is 12.7. The van der Waals surface area contributed by atoms with Gasteiger partial charge in [-0.05, 0) is 88.6 Å². The fourth-order valence-corrected chi connectivity index (χ4v) is 7.55. The number of carbonyl (C=O) groups is 2. The van der Waals surface area contributed by atoms with Crippen LogP contribution in [0.4, 0.5) is 5.69 Å². The molecule has 0 aromatic heterocycles. The van der Waals surface area contributed by atoms with E-state index in [0.717, 1.165) is 57.2 Å². The monoisotopic (exact) mass is 690 g/mol. The van der Waals surface area contributed by atoms with Crippen molar-refractivity contribution in [2.75, 3.05) is 18.0 Å². The summed E-state index contributed by atoms with van der Waals surface area (Å²) in [5, 5.41) is 21.9. The fraction of sp³-hybridized carbons (Fsp3) is 0.324. The van der Waals surface area contributed by atoms with Gasteiger partial charge in [0.15, 0.2) is 5.54 Å². The predicted molar refractivity (Wildman–Crippen MR) is 174 cm³/mol. The molecule has 0 saturated heterocycles. The predicted octanol–water partition coefficient (Wildman–Crippen LogP) is 1.41. The Morgan fingerprint density at radius 2 is 1.45 bits per heavy atom. The quantitative estimate of drug-likeness (QED) is 0.291. The molecule has 3 aromatic carbocycles. The number of nitrogens with zero attached hydrogens (tertiary/aromatic N) is 2. The zero-order valence-corrected chi connectivity index (χ0v) is 29.4. The van der Waals surface area contributed by atoms with Gasteiger partial charge >= 0.3 is 11.9 Å². The summed E-state index contributed by atoms with van der Waals surface area (Å²) >= 11 is 0. The standard InChI is InChI=1S/C37H38N2O5.ClHO4/c1-9-38-29-16-31-27(14-24(29)20(3)18-36(38,5)6)33(23-12-11-22(34(40)41)13-26(23)35(42)43)28-15-25-21(4)19-37(7,8)39(10-2)30(25)17-32(28)44-31;2-1(3,4)5/h11-19H,9-10H2,1-8H3,(H-,40,41,42,43);(H,2,3,4,5). The number of hydrogen-bond acceptors (Lipinski definition) is 8. The lowest BCUT2D eigenvalue weighted by Crippen LogP contribution is -2.68. The number of halogens is 1.